The number of rotatable bonds is 5. The maximum Gasteiger partial charge on any atom is 0.132 e. The molecule has 4 rings (SSSR count). The van der Waals surface area contributed by atoms with Crippen molar-refractivity contribution < 1.29 is 13.9 Å². The summed E-state index contributed by atoms with van der Waals surface area (Å²) in [7, 11) is 0. The second-order valence-electron chi connectivity index (χ2n) is 6.83. The zero-order valence-electron chi connectivity index (χ0n) is 15.3. The lowest BCUT2D eigenvalue weighted by Crippen LogP contribution is -2.46. The van der Waals surface area contributed by atoms with E-state index in [1.807, 2.05) is 29.6 Å². The minimum atomic E-state index is -0.754. The van der Waals surface area contributed by atoms with Crippen molar-refractivity contribution in [2.45, 2.75) is 12.6 Å². The summed E-state index contributed by atoms with van der Waals surface area (Å²) in [6, 6.07) is 11.4. The molecule has 1 atom stereocenters. The minimum Gasteiger partial charge on any atom is -0.381 e. The van der Waals surface area contributed by atoms with Crippen molar-refractivity contribution in [3.8, 4) is 0 Å². The molecule has 1 N–H and O–H groups in total. The predicted molar refractivity (Wildman–Crippen MR) is 106 cm³/mol. The first-order chi connectivity index (χ1) is 13.6. The fraction of sp³-hybridized carbons (Fsp3) is 0.286. The van der Waals surface area contributed by atoms with Gasteiger partial charge in [-0.25, -0.2) is 13.8 Å². The molecule has 4 nitrogen and oxygen atoms in total. The molecular weight excluding hydrogens is 380 g/mol. The normalized spacial score (nSPS) is 16.3. The third kappa shape index (κ3) is 4.06. The van der Waals surface area contributed by atoms with Crippen molar-refractivity contribution in [1.29, 1.82) is 0 Å². The van der Waals surface area contributed by atoms with Crippen molar-refractivity contribution in [2.75, 3.05) is 31.1 Å². The van der Waals surface area contributed by atoms with Gasteiger partial charge < -0.3 is 10.0 Å². The Morgan fingerprint density at radius 2 is 1.86 bits per heavy atom. The van der Waals surface area contributed by atoms with Gasteiger partial charge >= 0.3 is 0 Å². The summed E-state index contributed by atoms with van der Waals surface area (Å²) in [5, 5.41) is 13.3. The Bertz CT molecular complexity index is 927. The third-order valence-corrected chi connectivity index (χ3v) is 5.86. The van der Waals surface area contributed by atoms with Gasteiger partial charge in [0.15, 0.2) is 0 Å². The van der Waals surface area contributed by atoms with E-state index in [1.165, 1.54) is 23.5 Å². The number of hydrogen-bond donors (Lipinski definition) is 1. The number of aromatic nitrogens is 1. The molecular formula is C21H21F2N3OS. The van der Waals surface area contributed by atoms with Crippen molar-refractivity contribution in [3.05, 3.63) is 81.8 Å². The molecule has 1 aromatic heterocycles. The van der Waals surface area contributed by atoms with Gasteiger partial charge in [0.1, 0.15) is 22.7 Å². The average molecular weight is 401 g/mol. The molecule has 1 aliphatic heterocycles. The zero-order chi connectivity index (χ0) is 19.5. The van der Waals surface area contributed by atoms with Gasteiger partial charge in [-0.2, -0.15) is 0 Å². The molecule has 0 aliphatic carbocycles. The molecule has 1 aliphatic rings. The van der Waals surface area contributed by atoms with Crippen molar-refractivity contribution in [3.63, 3.8) is 0 Å². The highest BCUT2D eigenvalue weighted by Gasteiger charge is 2.23. The molecule has 0 saturated carbocycles. The first-order valence-corrected chi connectivity index (χ1v) is 10.1. The Kier molecular flexibility index (Phi) is 5.66. The number of benzene rings is 2. The first kappa shape index (κ1) is 19.0. The maximum absolute atomic E-state index is 13.9. The Morgan fingerprint density at radius 3 is 2.61 bits per heavy atom. The Hall–Kier alpha value is -2.35. The van der Waals surface area contributed by atoms with Gasteiger partial charge in [0.25, 0.3) is 0 Å². The second-order valence-corrected chi connectivity index (χ2v) is 7.76. The second kappa shape index (κ2) is 8.34. The lowest BCUT2D eigenvalue weighted by Gasteiger charge is -2.37. The molecule has 0 amide bonds. The fourth-order valence-electron chi connectivity index (χ4n) is 3.56. The number of aliphatic hydroxyl groups is 1. The number of thiazole rings is 1. The van der Waals surface area contributed by atoms with E-state index in [0.29, 0.717) is 17.1 Å². The highest BCUT2D eigenvalue weighted by atomic mass is 32.1. The number of halogens is 2. The molecule has 2 heterocycles. The van der Waals surface area contributed by atoms with Gasteiger partial charge in [-0.15, -0.1) is 11.3 Å². The number of aliphatic hydroxyl groups excluding tert-OH is 1. The van der Waals surface area contributed by atoms with Crippen LogP contribution in [-0.4, -0.2) is 41.2 Å². The quantitative estimate of drug-likeness (QED) is 0.706. The van der Waals surface area contributed by atoms with Crippen LogP contribution in [0.3, 0.4) is 0 Å². The number of anilines is 1. The summed E-state index contributed by atoms with van der Waals surface area (Å²) in [5.41, 5.74) is 2.21. The van der Waals surface area contributed by atoms with Gasteiger partial charge in [0.2, 0.25) is 0 Å². The highest BCUT2D eigenvalue weighted by Crippen LogP contribution is 2.32. The van der Waals surface area contributed by atoms with E-state index in [-0.39, 0.29) is 5.82 Å². The SMILES string of the molecule is O[C@H](c1nccs1)c1ccccc1N1CCN(Cc2cc(F)ccc2F)CC1. The molecule has 28 heavy (non-hydrogen) atoms. The summed E-state index contributed by atoms with van der Waals surface area (Å²) in [6.07, 6.45) is 0.937. The standard InChI is InChI=1S/C21H21F2N3OS/c22-16-5-6-18(23)15(13-16)14-25-8-10-26(11-9-25)19-4-2-1-3-17(19)20(27)21-24-7-12-28-21/h1-7,12-13,20,27H,8-11,14H2/t20-/m0/s1. The van der Waals surface area contributed by atoms with E-state index in [9.17, 15) is 13.9 Å². The summed E-state index contributed by atoms with van der Waals surface area (Å²) in [4.78, 5) is 8.57. The summed E-state index contributed by atoms with van der Waals surface area (Å²) >= 11 is 1.43. The number of nitrogens with zero attached hydrogens (tertiary/aromatic N) is 3. The highest BCUT2D eigenvalue weighted by molar-refractivity contribution is 7.09. The first-order valence-electron chi connectivity index (χ1n) is 9.19. The van der Waals surface area contributed by atoms with Crippen LogP contribution in [0.5, 0.6) is 0 Å². The van der Waals surface area contributed by atoms with Crippen LogP contribution in [-0.2, 0) is 6.54 Å². The predicted octanol–water partition coefficient (Wildman–Crippen LogP) is 3.83. The molecule has 146 valence electrons. The molecule has 0 bridgehead atoms. The number of para-hydroxylation sites is 1. The summed E-state index contributed by atoms with van der Waals surface area (Å²) in [6.45, 7) is 3.35. The largest absolute Gasteiger partial charge is 0.381 e. The molecule has 1 saturated heterocycles. The van der Waals surface area contributed by atoms with Crippen LogP contribution >= 0.6 is 11.3 Å². The topological polar surface area (TPSA) is 39.6 Å². The summed E-state index contributed by atoms with van der Waals surface area (Å²) < 4.78 is 27.3. The molecule has 0 radical (unpaired) electrons. The molecule has 1 fully saturated rings. The van der Waals surface area contributed by atoms with E-state index in [2.05, 4.69) is 14.8 Å². The molecule has 0 unspecified atom stereocenters. The average Bonchev–Trinajstić information content (AvgIpc) is 3.26. The van der Waals surface area contributed by atoms with Gasteiger partial charge in [-0.05, 0) is 24.3 Å². The van der Waals surface area contributed by atoms with Crippen LogP contribution in [0.2, 0.25) is 0 Å². The fourth-order valence-corrected chi connectivity index (χ4v) is 4.20. The van der Waals surface area contributed by atoms with Crippen LogP contribution in [0.4, 0.5) is 14.5 Å². The van der Waals surface area contributed by atoms with Crippen molar-refractivity contribution in [2.24, 2.45) is 0 Å². The van der Waals surface area contributed by atoms with Gasteiger partial charge in [-0.3, -0.25) is 4.90 Å². The van der Waals surface area contributed by atoms with E-state index >= 15 is 0 Å². The lowest BCUT2D eigenvalue weighted by molar-refractivity contribution is 0.218. The molecule has 3 aromatic rings. The van der Waals surface area contributed by atoms with Gasteiger partial charge in [0, 0.05) is 61.1 Å². The van der Waals surface area contributed by atoms with Crippen LogP contribution in [0.25, 0.3) is 0 Å². The van der Waals surface area contributed by atoms with Crippen molar-refractivity contribution in [1.82, 2.24) is 9.88 Å². The van der Waals surface area contributed by atoms with E-state index in [4.69, 9.17) is 0 Å². The Morgan fingerprint density at radius 1 is 1.07 bits per heavy atom. The number of hydrogen-bond acceptors (Lipinski definition) is 5. The molecule has 7 heteroatoms. The third-order valence-electron chi connectivity index (χ3n) is 5.03. The van der Waals surface area contributed by atoms with Gasteiger partial charge in [-0.1, -0.05) is 18.2 Å². The van der Waals surface area contributed by atoms with Crippen LogP contribution < -0.4 is 4.90 Å². The summed E-state index contributed by atoms with van der Waals surface area (Å²) in [5.74, 6) is -0.791. The Balaban J connectivity index is 1.45. The van der Waals surface area contributed by atoms with Crippen LogP contribution in [0, 0.1) is 11.6 Å². The van der Waals surface area contributed by atoms with E-state index in [1.54, 1.807) is 6.20 Å². The van der Waals surface area contributed by atoms with Crippen LogP contribution in [0.1, 0.15) is 22.2 Å². The monoisotopic (exact) mass is 401 g/mol. The minimum absolute atomic E-state index is 0.374. The van der Waals surface area contributed by atoms with Gasteiger partial charge in [0.05, 0.1) is 0 Å². The molecule has 0 spiro atoms. The molecule has 2 aromatic carbocycles. The Labute approximate surface area is 166 Å². The smallest absolute Gasteiger partial charge is 0.132 e. The number of piperazine rings is 1. The van der Waals surface area contributed by atoms with Crippen molar-refractivity contribution >= 4 is 17.0 Å². The lowest BCUT2D eigenvalue weighted by atomic mass is 10.1. The maximum atomic E-state index is 13.9. The van der Waals surface area contributed by atoms with E-state index < -0.39 is 11.9 Å². The van der Waals surface area contributed by atoms with E-state index in [0.717, 1.165) is 43.5 Å². The van der Waals surface area contributed by atoms with Crippen LogP contribution in [0.15, 0.2) is 54.0 Å². The zero-order valence-corrected chi connectivity index (χ0v) is 16.1.